The van der Waals surface area contributed by atoms with E-state index in [-0.39, 0.29) is 17.9 Å². The molecule has 0 radical (unpaired) electrons. The lowest BCUT2D eigenvalue weighted by atomic mass is 10.1. The van der Waals surface area contributed by atoms with Gasteiger partial charge in [0.25, 0.3) is 0 Å². The number of aromatic nitrogens is 3. The number of para-hydroxylation sites is 1. The van der Waals surface area contributed by atoms with Gasteiger partial charge in [-0.15, -0.1) is 0 Å². The summed E-state index contributed by atoms with van der Waals surface area (Å²) in [4.78, 5) is 28.6. The van der Waals surface area contributed by atoms with Crippen LogP contribution in [-0.2, 0) is 4.79 Å². The number of amides is 1. The van der Waals surface area contributed by atoms with E-state index in [1.807, 2.05) is 53.4 Å². The van der Waals surface area contributed by atoms with Crippen LogP contribution in [0.5, 0.6) is 0 Å². The van der Waals surface area contributed by atoms with Crippen LogP contribution in [0.4, 0.5) is 11.5 Å². The van der Waals surface area contributed by atoms with Crippen molar-refractivity contribution in [3.63, 3.8) is 0 Å². The van der Waals surface area contributed by atoms with Crippen molar-refractivity contribution in [2.24, 2.45) is 5.92 Å². The minimum Gasteiger partial charge on any atom is -0.340 e. The molecule has 2 fully saturated rings. The minimum atomic E-state index is -0.0544. The molecule has 1 saturated carbocycles. The Morgan fingerprint density at radius 2 is 1.79 bits per heavy atom. The molecule has 1 aliphatic heterocycles. The molecule has 2 aliphatic rings. The summed E-state index contributed by atoms with van der Waals surface area (Å²) in [6, 6.07) is 15.8. The normalized spacial score (nSPS) is 18.6. The number of pyridine rings is 1. The number of anilines is 2. The Hall–Kier alpha value is -3.28. The Balaban J connectivity index is 1.53. The summed E-state index contributed by atoms with van der Waals surface area (Å²) in [5.74, 6) is 1.92. The highest BCUT2D eigenvalue weighted by atomic mass is 16.2. The van der Waals surface area contributed by atoms with E-state index in [2.05, 4.69) is 10.3 Å². The number of nitrogens with one attached hydrogen (secondary N) is 1. The van der Waals surface area contributed by atoms with Crippen LogP contribution >= 0.6 is 0 Å². The zero-order valence-corrected chi connectivity index (χ0v) is 16.2. The predicted molar refractivity (Wildman–Crippen MR) is 111 cm³/mol. The third kappa shape index (κ3) is 3.83. The smallest absolute Gasteiger partial charge is 0.226 e. The molecule has 3 aromatic rings. The van der Waals surface area contributed by atoms with Crippen LogP contribution in [0.15, 0.2) is 60.9 Å². The van der Waals surface area contributed by atoms with Crippen LogP contribution in [0.2, 0.25) is 0 Å². The van der Waals surface area contributed by atoms with Crippen LogP contribution < -0.4 is 5.32 Å². The number of nitrogens with zero attached hydrogens (tertiary/aromatic N) is 4. The number of benzene rings is 1. The second-order valence-electron chi connectivity index (χ2n) is 7.69. The Morgan fingerprint density at radius 1 is 1.00 bits per heavy atom. The summed E-state index contributed by atoms with van der Waals surface area (Å²) in [6.07, 6.45) is 7.46. The molecular weight excluding hydrogens is 362 g/mol. The zero-order chi connectivity index (χ0) is 19.6. The second kappa shape index (κ2) is 7.62. The summed E-state index contributed by atoms with van der Waals surface area (Å²) >= 11 is 0. The number of rotatable bonds is 5. The quantitative estimate of drug-likeness (QED) is 0.707. The average Bonchev–Trinajstić information content (AvgIpc) is 3.50. The molecule has 2 aromatic heterocycles. The molecule has 0 spiro atoms. The molecular formula is C23H23N5O. The van der Waals surface area contributed by atoms with Gasteiger partial charge in [-0.25, -0.2) is 9.97 Å². The van der Waals surface area contributed by atoms with E-state index >= 15 is 0 Å². The van der Waals surface area contributed by atoms with Crippen molar-refractivity contribution < 1.29 is 4.79 Å². The van der Waals surface area contributed by atoms with Crippen molar-refractivity contribution in [3.05, 3.63) is 66.7 Å². The molecule has 5 rings (SSSR count). The van der Waals surface area contributed by atoms with Crippen LogP contribution in [0.3, 0.4) is 0 Å². The highest BCUT2D eigenvalue weighted by Crippen LogP contribution is 2.38. The molecule has 1 atom stereocenters. The number of likely N-dealkylation sites (tertiary alicyclic amines) is 1. The molecule has 6 heteroatoms. The lowest BCUT2D eigenvalue weighted by molar-refractivity contribution is -0.133. The predicted octanol–water partition coefficient (Wildman–Crippen LogP) is 4.36. The number of hydrogen-bond donors (Lipinski definition) is 1. The van der Waals surface area contributed by atoms with Crippen molar-refractivity contribution in [3.8, 4) is 11.3 Å². The molecule has 3 heterocycles. The summed E-state index contributed by atoms with van der Waals surface area (Å²) in [6.45, 7) is 0.796. The fraction of sp³-hybridized carbons (Fsp3) is 0.304. The van der Waals surface area contributed by atoms with Crippen LogP contribution in [0.25, 0.3) is 11.3 Å². The summed E-state index contributed by atoms with van der Waals surface area (Å²) < 4.78 is 0. The van der Waals surface area contributed by atoms with E-state index in [9.17, 15) is 4.79 Å². The van der Waals surface area contributed by atoms with Crippen molar-refractivity contribution in [2.45, 2.75) is 31.7 Å². The van der Waals surface area contributed by atoms with Gasteiger partial charge in [-0.3, -0.25) is 9.78 Å². The standard InChI is InChI=1S/C23H23N5O/c29-23(17-8-9-17)28-14-4-7-20(28)22-26-19(16-10-12-24-13-11-16)15-21(27-22)25-18-5-2-1-3-6-18/h1-3,5-6,10-13,15,17,20H,4,7-9,14H2,(H,25,26,27). The largest absolute Gasteiger partial charge is 0.340 e. The first-order valence-electron chi connectivity index (χ1n) is 10.2. The molecule has 1 N–H and O–H groups in total. The van der Waals surface area contributed by atoms with Gasteiger partial charge >= 0.3 is 0 Å². The van der Waals surface area contributed by atoms with Gasteiger partial charge < -0.3 is 10.2 Å². The van der Waals surface area contributed by atoms with Gasteiger partial charge in [-0.1, -0.05) is 18.2 Å². The summed E-state index contributed by atoms with van der Waals surface area (Å²) in [5.41, 5.74) is 2.79. The number of hydrogen-bond acceptors (Lipinski definition) is 5. The molecule has 6 nitrogen and oxygen atoms in total. The first-order valence-corrected chi connectivity index (χ1v) is 10.2. The average molecular weight is 385 g/mol. The van der Waals surface area contributed by atoms with Gasteiger partial charge in [0, 0.05) is 42.2 Å². The molecule has 146 valence electrons. The lowest BCUT2D eigenvalue weighted by Gasteiger charge is -2.24. The topological polar surface area (TPSA) is 71.0 Å². The van der Waals surface area contributed by atoms with Gasteiger partial charge in [-0.05, 0) is 49.9 Å². The maximum atomic E-state index is 12.8. The number of carbonyl (C=O) groups excluding carboxylic acids is 1. The van der Waals surface area contributed by atoms with Gasteiger partial charge in [0.1, 0.15) is 5.82 Å². The van der Waals surface area contributed by atoms with Crippen molar-refractivity contribution >= 4 is 17.4 Å². The van der Waals surface area contributed by atoms with Crippen molar-refractivity contribution in [1.82, 2.24) is 19.9 Å². The van der Waals surface area contributed by atoms with E-state index in [0.717, 1.165) is 55.0 Å². The van der Waals surface area contributed by atoms with E-state index in [4.69, 9.17) is 9.97 Å². The van der Waals surface area contributed by atoms with E-state index < -0.39 is 0 Å². The van der Waals surface area contributed by atoms with E-state index in [0.29, 0.717) is 5.82 Å². The fourth-order valence-corrected chi connectivity index (χ4v) is 3.88. The highest BCUT2D eigenvalue weighted by molar-refractivity contribution is 5.81. The molecule has 1 aromatic carbocycles. The molecule has 1 amide bonds. The molecule has 0 bridgehead atoms. The van der Waals surface area contributed by atoms with E-state index in [1.165, 1.54) is 0 Å². The summed E-state index contributed by atoms with van der Waals surface area (Å²) in [7, 11) is 0. The first-order chi connectivity index (χ1) is 14.3. The first kappa shape index (κ1) is 17.8. The lowest BCUT2D eigenvalue weighted by Crippen LogP contribution is -2.32. The van der Waals surface area contributed by atoms with Crippen LogP contribution in [-0.4, -0.2) is 32.3 Å². The zero-order valence-electron chi connectivity index (χ0n) is 16.2. The molecule has 1 aliphatic carbocycles. The van der Waals surface area contributed by atoms with Crippen molar-refractivity contribution in [2.75, 3.05) is 11.9 Å². The molecule has 29 heavy (non-hydrogen) atoms. The Labute approximate surface area is 170 Å². The maximum Gasteiger partial charge on any atom is 0.226 e. The third-order valence-corrected chi connectivity index (χ3v) is 5.53. The maximum absolute atomic E-state index is 12.8. The van der Waals surface area contributed by atoms with Gasteiger partial charge in [-0.2, -0.15) is 0 Å². The van der Waals surface area contributed by atoms with Gasteiger partial charge in [0.2, 0.25) is 5.91 Å². The second-order valence-corrected chi connectivity index (χ2v) is 7.69. The highest BCUT2D eigenvalue weighted by Gasteiger charge is 2.40. The SMILES string of the molecule is O=C(C1CC1)N1CCCC1c1nc(Nc2ccccc2)cc(-c2ccncc2)n1. The molecule has 1 unspecified atom stereocenters. The fourth-order valence-electron chi connectivity index (χ4n) is 3.88. The van der Waals surface area contributed by atoms with Crippen LogP contribution in [0.1, 0.15) is 37.5 Å². The number of carbonyl (C=O) groups is 1. The van der Waals surface area contributed by atoms with Gasteiger partial charge in [0.15, 0.2) is 5.82 Å². The van der Waals surface area contributed by atoms with Crippen LogP contribution in [0, 0.1) is 5.92 Å². The third-order valence-electron chi connectivity index (χ3n) is 5.53. The minimum absolute atomic E-state index is 0.0544. The van der Waals surface area contributed by atoms with Crippen molar-refractivity contribution in [1.29, 1.82) is 0 Å². The Bertz CT molecular complexity index is 1000. The summed E-state index contributed by atoms with van der Waals surface area (Å²) in [5, 5.41) is 3.39. The van der Waals surface area contributed by atoms with Gasteiger partial charge in [0.05, 0.1) is 11.7 Å². The monoisotopic (exact) mass is 385 g/mol. The van der Waals surface area contributed by atoms with E-state index in [1.54, 1.807) is 12.4 Å². The molecule has 1 saturated heterocycles. The Kier molecular flexibility index (Phi) is 4.68. The Morgan fingerprint density at radius 3 is 2.55 bits per heavy atom.